The van der Waals surface area contributed by atoms with Crippen molar-refractivity contribution in [3.8, 4) is 0 Å². The first kappa shape index (κ1) is 12.9. The first-order chi connectivity index (χ1) is 6.95. The molecule has 15 heavy (non-hydrogen) atoms. The summed E-state index contributed by atoms with van der Waals surface area (Å²) in [5, 5.41) is 0. The summed E-state index contributed by atoms with van der Waals surface area (Å²) in [6.45, 7) is 6.31. The third-order valence-electron chi connectivity index (χ3n) is 2.65. The maximum Gasteiger partial charge on any atom is 0.279 e. The molecule has 1 aliphatic heterocycles. The molecule has 1 fully saturated rings. The summed E-state index contributed by atoms with van der Waals surface area (Å²) in [6, 6.07) is 0. The number of nitrogens with two attached hydrogens (primary N) is 1. The van der Waals surface area contributed by atoms with Gasteiger partial charge in [-0.05, 0) is 24.8 Å². The van der Waals surface area contributed by atoms with Crippen molar-refractivity contribution in [2.24, 2.45) is 17.6 Å². The summed E-state index contributed by atoms with van der Waals surface area (Å²) in [5.74, 6) is 0.749. The van der Waals surface area contributed by atoms with Crippen molar-refractivity contribution < 1.29 is 8.42 Å². The second-order valence-corrected chi connectivity index (χ2v) is 6.25. The fourth-order valence-electron chi connectivity index (χ4n) is 1.54. The molecule has 0 radical (unpaired) electrons. The summed E-state index contributed by atoms with van der Waals surface area (Å²) >= 11 is 0. The van der Waals surface area contributed by atoms with Crippen LogP contribution in [0.15, 0.2) is 0 Å². The highest BCUT2D eigenvalue weighted by molar-refractivity contribution is 7.87. The van der Waals surface area contributed by atoms with E-state index in [0.717, 1.165) is 6.42 Å². The Kier molecular flexibility index (Phi) is 4.51. The van der Waals surface area contributed by atoms with Crippen LogP contribution in [0.25, 0.3) is 0 Å². The summed E-state index contributed by atoms with van der Waals surface area (Å²) in [4.78, 5) is 0. The molecule has 0 spiro atoms. The Labute approximate surface area is 92.2 Å². The molecule has 1 unspecified atom stereocenters. The minimum atomic E-state index is -3.23. The van der Waals surface area contributed by atoms with Crippen LogP contribution < -0.4 is 10.5 Å². The Balaban J connectivity index is 2.56. The minimum Gasteiger partial charge on any atom is -0.330 e. The highest BCUT2D eigenvalue weighted by Gasteiger charge is 2.29. The fourth-order valence-corrected chi connectivity index (χ4v) is 2.92. The molecule has 6 heteroatoms. The first-order valence-electron chi connectivity index (χ1n) is 5.40. The molecule has 1 heterocycles. The van der Waals surface area contributed by atoms with Crippen molar-refractivity contribution in [2.45, 2.75) is 20.3 Å². The Bertz CT molecular complexity index is 290. The van der Waals surface area contributed by atoms with Gasteiger partial charge < -0.3 is 5.73 Å². The number of hydrogen-bond donors (Lipinski definition) is 2. The van der Waals surface area contributed by atoms with Gasteiger partial charge in [-0.15, -0.1) is 0 Å². The van der Waals surface area contributed by atoms with E-state index in [1.54, 1.807) is 0 Å². The lowest BCUT2D eigenvalue weighted by atomic mass is 10.1. The highest BCUT2D eigenvalue weighted by Crippen LogP contribution is 2.12. The van der Waals surface area contributed by atoms with E-state index in [0.29, 0.717) is 32.1 Å². The van der Waals surface area contributed by atoms with E-state index >= 15 is 0 Å². The number of rotatable bonds is 4. The van der Waals surface area contributed by atoms with Gasteiger partial charge in [-0.3, -0.25) is 0 Å². The van der Waals surface area contributed by atoms with Gasteiger partial charge >= 0.3 is 0 Å². The second kappa shape index (κ2) is 5.25. The second-order valence-electron chi connectivity index (χ2n) is 4.50. The fraction of sp³-hybridized carbons (Fsp3) is 1.00. The van der Waals surface area contributed by atoms with Crippen molar-refractivity contribution in [3.63, 3.8) is 0 Å². The van der Waals surface area contributed by atoms with Gasteiger partial charge in [0.25, 0.3) is 10.2 Å². The first-order valence-corrected chi connectivity index (χ1v) is 6.84. The zero-order valence-electron chi connectivity index (χ0n) is 9.44. The van der Waals surface area contributed by atoms with E-state index in [4.69, 9.17) is 5.73 Å². The average Bonchev–Trinajstić information content (AvgIpc) is 2.15. The highest BCUT2D eigenvalue weighted by atomic mass is 32.2. The van der Waals surface area contributed by atoms with E-state index in [1.165, 1.54) is 4.31 Å². The van der Waals surface area contributed by atoms with Gasteiger partial charge in [0.1, 0.15) is 0 Å². The lowest BCUT2D eigenvalue weighted by Crippen LogP contribution is -2.53. The Morgan fingerprint density at radius 2 is 2.20 bits per heavy atom. The molecule has 0 bridgehead atoms. The van der Waals surface area contributed by atoms with E-state index in [2.05, 4.69) is 18.6 Å². The van der Waals surface area contributed by atoms with Crippen molar-refractivity contribution >= 4 is 10.2 Å². The van der Waals surface area contributed by atoms with E-state index in [1.807, 2.05) is 0 Å². The van der Waals surface area contributed by atoms with Crippen LogP contribution in [0.2, 0.25) is 0 Å². The molecule has 0 saturated carbocycles. The van der Waals surface area contributed by atoms with Crippen molar-refractivity contribution in [1.82, 2.24) is 9.03 Å². The minimum absolute atomic E-state index is 0.237. The molecule has 0 aromatic rings. The van der Waals surface area contributed by atoms with Crippen LogP contribution in [0.4, 0.5) is 0 Å². The third kappa shape index (κ3) is 3.71. The van der Waals surface area contributed by atoms with Crippen molar-refractivity contribution in [1.29, 1.82) is 0 Å². The molecule has 1 saturated heterocycles. The average molecular weight is 235 g/mol. The predicted octanol–water partition coefficient (Wildman–Crippen LogP) is -0.243. The lowest BCUT2D eigenvalue weighted by Gasteiger charge is -2.32. The van der Waals surface area contributed by atoms with Gasteiger partial charge in [0.15, 0.2) is 0 Å². The van der Waals surface area contributed by atoms with E-state index in [-0.39, 0.29) is 5.92 Å². The predicted molar refractivity (Wildman–Crippen MR) is 60.5 cm³/mol. The van der Waals surface area contributed by atoms with Gasteiger partial charge in [-0.25, -0.2) is 4.72 Å². The summed E-state index contributed by atoms with van der Waals surface area (Å²) in [7, 11) is -3.23. The molecular formula is C9H21N3O2S. The molecule has 3 N–H and O–H groups in total. The summed E-state index contributed by atoms with van der Waals surface area (Å²) in [5.41, 5.74) is 5.55. The van der Waals surface area contributed by atoms with Crippen molar-refractivity contribution in [2.75, 3.05) is 26.2 Å². The molecule has 0 aromatic carbocycles. The molecule has 1 rings (SSSR count). The molecule has 5 nitrogen and oxygen atoms in total. The van der Waals surface area contributed by atoms with Crippen molar-refractivity contribution in [3.05, 3.63) is 0 Å². The van der Waals surface area contributed by atoms with Gasteiger partial charge in [-0.2, -0.15) is 12.7 Å². The van der Waals surface area contributed by atoms with Gasteiger partial charge in [0, 0.05) is 19.6 Å². The van der Waals surface area contributed by atoms with Crippen LogP contribution >= 0.6 is 0 Å². The molecule has 1 atom stereocenters. The van der Waals surface area contributed by atoms with Crippen LogP contribution in [0.1, 0.15) is 20.3 Å². The lowest BCUT2D eigenvalue weighted by molar-refractivity contribution is 0.298. The maximum atomic E-state index is 11.6. The Morgan fingerprint density at radius 1 is 1.53 bits per heavy atom. The molecular weight excluding hydrogens is 214 g/mol. The third-order valence-corrected chi connectivity index (χ3v) is 4.19. The summed E-state index contributed by atoms with van der Waals surface area (Å²) in [6.07, 6.45) is 0.887. The number of nitrogens with zero attached hydrogens (tertiary/aromatic N) is 1. The van der Waals surface area contributed by atoms with Crippen LogP contribution in [-0.4, -0.2) is 38.9 Å². The van der Waals surface area contributed by atoms with E-state index < -0.39 is 10.2 Å². The summed E-state index contributed by atoms with van der Waals surface area (Å²) < 4.78 is 27.3. The SMILES string of the molecule is CC(C)CCN1CC(CN)CNS1(=O)=O. The normalized spacial score (nSPS) is 27.1. The smallest absolute Gasteiger partial charge is 0.279 e. The topological polar surface area (TPSA) is 75.4 Å². The van der Waals surface area contributed by atoms with E-state index in [9.17, 15) is 8.42 Å². The van der Waals surface area contributed by atoms with Gasteiger partial charge in [0.05, 0.1) is 0 Å². The zero-order valence-corrected chi connectivity index (χ0v) is 10.3. The van der Waals surface area contributed by atoms with Crippen LogP contribution in [0, 0.1) is 11.8 Å². The largest absolute Gasteiger partial charge is 0.330 e. The van der Waals surface area contributed by atoms with Crippen LogP contribution in [0.5, 0.6) is 0 Å². The van der Waals surface area contributed by atoms with Gasteiger partial charge in [-0.1, -0.05) is 13.8 Å². The number of nitrogens with one attached hydrogen (secondary N) is 1. The zero-order chi connectivity index (χ0) is 11.5. The quantitative estimate of drug-likeness (QED) is 0.706. The monoisotopic (exact) mass is 235 g/mol. The van der Waals surface area contributed by atoms with Crippen LogP contribution in [-0.2, 0) is 10.2 Å². The Morgan fingerprint density at radius 3 is 2.73 bits per heavy atom. The molecule has 0 aliphatic carbocycles. The van der Waals surface area contributed by atoms with Gasteiger partial charge in [0.2, 0.25) is 0 Å². The number of hydrogen-bond acceptors (Lipinski definition) is 3. The molecule has 0 amide bonds. The molecule has 90 valence electrons. The van der Waals surface area contributed by atoms with Crippen LogP contribution in [0.3, 0.4) is 0 Å². The molecule has 0 aromatic heterocycles. The maximum absolute atomic E-state index is 11.6. The molecule has 1 aliphatic rings. The Hall–Kier alpha value is -0.170. The standard InChI is InChI=1S/C9H21N3O2S/c1-8(2)3-4-12-7-9(5-10)6-11-15(12,13)14/h8-9,11H,3-7,10H2,1-2H3.